The van der Waals surface area contributed by atoms with E-state index in [0.717, 1.165) is 49.3 Å². The van der Waals surface area contributed by atoms with Crippen LogP contribution >= 0.6 is 22.7 Å². The highest BCUT2D eigenvalue weighted by atomic mass is 32.1. The first-order chi connectivity index (χ1) is 13.3. The topological polar surface area (TPSA) is 36.4 Å². The zero-order valence-electron chi connectivity index (χ0n) is 15.2. The number of amides is 1. The Morgan fingerprint density at radius 3 is 2.78 bits per heavy atom. The minimum atomic E-state index is 0.277. The van der Waals surface area contributed by atoms with Crippen LogP contribution in [0.5, 0.6) is 0 Å². The predicted molar refractivity (Wildman–Crippen MR) is 111 cm³/mol. The average Bonchev–Trinajstić information content (AvgIpc) is 3.46. The molecule has 2 unspecified atom stereocenters. The molecule has 2 aliphatic heterocycles. The largest absolute Gasteiger partial charge is 0.334 e. The van der Waals surface area contributed by atoms with Gasteiger partial charge >= 0.3 is 0 Å². The molecule has 4 heterocycles. The minimum absolute atomic E-state index is 0.277. The van der Waals surface area contributed by atoms with Gasteiger partial charge in [0.25, 0.3) is 0 Å². The summed E-state index contributed by atoms with van der Waals surface area (Å²) >= 11 is 3.55. The number of carbonyl (C=O) groups is 1. The minimum Gasteiger partial charge on any atom is -0.334 e. The summed E-state index contributed by atoms with van der Waals surface area (Å²) in [6, 6.07) is 13.1. The van der Waals surface area contributed by atoms with Gasteiger partial charge in [-0.05, 0) is 55.8 Å². The van der Waals surface area contributed by atoms with E-state index in [-0.39, 0.29) is 18.0 Å². The van der Waals surface area contributed by atoms with Crippen molar-refractivity contribution < 1.29 is 4.79 Å². The number of fused-ring (bicyclic) bond motifs is 1. The van der Waals surface area contributed by atoms with Crippen LogP contribution in [0.25, 0.3) is 10.2 Å². The molecule has 0 bridgehead atoms. The van der Waals surface area contributed by atoms with Crippen LogP contribution in [-0.2, 0) is 4.79 Å². The Hall–Kier alpha value is -1.76. The highest BCUT2D eigenvalue weighted by Gasteiger charge is 2.35. The number of likely N-dealkylation sites (tertiary alicyclic amines) is 2. The molecule has 0 spiro atoms. The lowest BCUT2D eigenvalue weighted by molar-refractivity contribution is -0.133. The van der Waals surface area contributed by atoms with Crippen molar-refractivity contribution in [3.63, 3.8) is 0 Å². The lowest BCUT2D eigenvalue weighted by Crippen LogP contribution is -2.39. The second-order valence-corrected chi connectivity index (χ2v) is 9.45. The molecule has 2 fully saturated rings. The summed E-state index contributed by atoms with van der Waals surface area (Å²) < 4.78 is 1.24. The molecule has 1 aromatic carbocycles. The molecular weight excluding hydrogens is 374 g/mol. The highest BCUT2D eigenvalue weighted by molar-refractivity contribution is 7.18. The summed E-state index contributed by atoms with van der Waals surface area (Å²) in [6.07, 6.45) is 4.44. The Labute approximate surface area is 167 Å². The molecule has 0 N–H and O–H groups in total. The van der Waals surface area contributed by atoms with Crippen molar-refractivity contribution in [3.05, 3.63) is 51.7 Å². The fourth-order valence-electron chi connectivity index (χ4n) is 4.43. The van der Waals surface area contributed by atoms with Gasteiger partial charge in [0.15, 0.2) is 0 Å². The number of hydrogen-bond acceptors (Lipinski definition) is 5. The zero-order chi connectivity index (χ0) is 18.2. The van der Waals surface area contributed by atoms with Crippen LogP contribution in [0.15, 0.2) is 41.8 Å². The Bertz CT molecular complexity index is 903. The first kappa shape index (κ1) is 17.3. The van der Waals surface area contributed by atoms with Gasteiger partial charge in [0.05, 0.1) is 28.8 Å². The van der Waals surface area contributed by atoms with Gasteiger partial charge in [-0.1, -0.05) is 18.2 Å². The molecule has 2 aliphatic rings. The first-order valence-corrected chi connectivity index (χ1v) is 11.4. The number of rotatable bonds is 4. The molecule has 2 saturated heterocycles. The van der Waals surface area contributed by atoms with Gasteiger partial charge in [0, 0.05) is 11.4 Å². The van der Waals surface area contributed by atoms with Crippen LogP contribution in [-0.4, -0.2) is 40.3 Å². The van der Waals surface area contributed by atoms with Gasteiger partial charge in [0.1, 0.15) is 5.01 Å². The summed E-state index contributed by atoms with van der Waals surface area (Å²) in [5.74, 6) is 0.277. The average molecular weight is 398 g/mol. The van der Waals surface area contributed by atoms with Crippen LogP contribution in [0.1, 0.15) is 47.7 Å². The quantitative estimate of drug-likeness (QED) is 0.631. The van der Waals surface area contributed by atoms with Crippen LogP contribution in [0, 0.1) is 0 Å². The van der Waals surface area contributed by atoms with Crippen molar-refractivity contribution in [2.24, 2.45) is 0 Å². The normalized spacial score (nSPS) is 23.5. The SMILES string of the molecule is O=C(CN1CCCC1c1nc2ccccc2s1)N1CCCC1c1cccs1. The van der Waals surface area contributed by atoms with Crippen molar-refractivity contribution in [3.8, 4) is 0 Å². The fourth-order valence-corrected chi connectivity index (χ4v) is 6.44. The molecule has 3 aromatic rings. The van der Waals surface area contributed by atoms with E-state index in [9.17, 15) is 4.79 Å². The van der Waals surface area contributed by atoms with Gasteiger partial charge in [-0.15, -0.1) is 22.7 Å². The third-order valence-corrected chi connectivity index (χ3v) is 7.85. The van der Waals surface area contributed by atoms with Gasteiger partial charge in [-0.3, -0.25) is 9.69 Å². The monoisotopic (exact) mass is 397 g/mol. The third-order valence-electron chi connectivity index (χ3n) is 5.74. The molecule has 0 aliphatic carbocycles. The predicted octanol–water partition coefficient (Wildman–Crippen LogP) is 4.86. The van der Waals surface area contributed by atoms with E-state index in [1.54, 1.807) is 22.7 Å². The second-order valence-electron chi connectivity index (χ2n) is 7.41. The lowest BCUT2D eigenvalue weighted by Gasteiger charge is -2.28. The van der Waals surface area contributed by atoms with E-state index in [2.05, 4.69) is 45.5 Å². The summed E-state index contributed by atoms with van der Waals surface area (Å²) in [7, 11) is 0. The third kappa shape index (κ3) is 3.30. The summed E-state index contributed by atoms with van der Waals surface area (Å²) in [5, 5.41) is 3.28. The maximum atomic E-state index is 13.1. The Morgan fingerprint density at radius 2 is 1.93 bits per heavy atom. The second kappa shape index (κ2) is 7.34. The highest BCUT2D eigenvalue weighted by Crippen LogP contribution is 2.38. The molecular formula is C21H23N3OS2. The summed E-state index contributed by atoms with van der Waals surface area (Å²) in [6.45, 7) is 2.40. The van der Waals surface area contributed by atoms with Crippen molar-refractivity contribution >= 4 is 38.8 Å². The number of aromatic nitrogens is 1. The molecule has 2 aromatic heterocycles. The van der Waals surface area contributed by atoms with Gasteiger partial charge in [-0.25, -0.2) is 4.98 Å². The molecule has 5 rings (SSSR count). The summed E-state index contributed by atoms with van der Waals surface area (Å²) in [5.41, 5.74) is 1.08. The smallest absolute Gasteiger partial charge is 0.237 e. The molecule has 6 heteroatoms. The molecule has 0 radical (unpaired) electrons. The number of thiazole rings is 1. The molecule has 140 valence electrons. The van der Waals surface area contributed by atoms with Crippen LogP contribution in [0.4, 0.5) is 0 Å². The maximum Gasteiger partial charge on any atom is 0.237 e. The molecule has 27 heavy (non-hydrogen) atoms. The maximum absolute atomic E-state index is 13.1. The van der Waals surface area contributed by atoms with Gasteiger partial charge in [-0.2, -0.15) is 0 Å². The van der Waals surface area contributed by atoms with Crippen LogP contribution in [0.2, 0.25) is 0 Å². The molecule has 0 saturated carbocycles. The van der Waals surface area contributed by atoms with E-state index < -0.39 is 0 Å². The van der Waals surface area contributed by atoms with Gasteiger partial charge < -0.3 is 4.90 Å². The van der Waals surface area contributed by atoms with Gasteiger partial charge in [0.2, 0.25) is 5.91 Å². The molecule has 4 nitrogen and oxygen atoms in total. The number of hydrogen-bond donors (Lipinski definition) is 0. The number of nitrogens with zero attached hydrogens (tertiary/aromatic N) is 3. The van der Waals surface area contributed by atoms with E-state index in [1.807, 2.05) is 6.07 Å². The van der Waals surface area contributed by atoms with Crippen molar-refractivity contribution in [2.75, 3.05) is 19.6 Å². The van der Waals surface area contributed by atoms with E-state index >= 15 is 0 Å². The van der Waals surface area contributed by atoms with Crippen molar-refractivity contribution in [1.82, 2.24) is 14.8 Å². The fraction of sp³-hybridized carbons (Fsp3) is 0.429. The van der Waals surface area contributed by atoms with Crippen molar-refractivity contribution in [1.29, 1.82) is 0 Å². The molecule has 1 amide bonds. The van der Waals surface area contributed by atoms with E-state index in [1.165, 1.54) is 9.58 Å². The van der Waals surface area contributed by atoms with E-state index in [0.29, 0.717) is 6.54 Å². The number of benzene rings is 1. The molecule has 2 atom stereocenters. The zero-order valence-corrected chi connectivity index (χ0v) is 16.8. The van der Waals surface area contributed by atoms with Crippen LogP contribution in [0.3, 0.4) is 0 Å². The Balaban J connectivity index is 1.32. The van der Waals surface area contributed by atoms with E-state index in [4.69, 9.17) is 4.98 Å². The number of thiophene rings is 1. The number of carbonyl (C=O) groups excluding carboxylic acids is 1. The van der Waals surface area contributed by atoms with Crippen LogP contribution < -0.4 is 0 Å². The summed E-state index contributed by atoms with van der Waals surface area (Å²) in [4.78, 5) is 23.8. The van der Waals surface area contributed by atoms with Crippen molar-refractivity contribution in [2.45, 2.75) is 37.8 Å². The number of para-hydroxylation sites is 1. The lowest BCUT2D eigenvalue weighted by atomic mass is 10.2. The standard InChI is InChI=1S/C21H23N3OS2/c25-20(24-12-4-7-16(24)19-10-5-13-26-19)14-23-11-3-8-17(23)21-22-15-6-1-2-9-18(15)27-21/h1-2,5-6,9-10,13,16-17H,3-4,7-8,11-12,14H2. The Morgan fingerprint density at radius 1 is 1.07 bits per heavy atom. The Kier molecular flexibility index (Phi) is 4.71. The first-order valence-electron chi connectivity index (χ1n) is 9.72.